The van der Waals surface area contributed by atoms with Crippen LogP contribution in [0.5, 0.6) is 5.75 Å². The smallest absolute Gasteiger partial charge is 0.260 e. The zero-order chi connectivity index (χ0) is 22.5. The summed E-state index contributed by atoms with van der Waals surface area (Å²) in [5, 5.41) is 8.03. The molecule has 0 aliphatic carbocycles. The van der Waals surface area contributed by atoms with E-state index in [4.69, 9.17) is 4.74 Å². The van der Waals surface area contributed by atoms with Gasteiger partial charge in [0.2, 0.25) is 0 Å². The topological polar surface area (TPSA) is 84.0 Å². The van der Waals surface area contributed by atoms with Gasteiger partial charge in [-0.15, -0.1) is 0 Å². The van der Waals surface area contributed by atoms with Crippen molar-refractivity contribution in [3.05, 3.63) is 72.8 Å². The SMILES string of the molecule is O=C(COc1cccnc1-c1ccc2[nH]ncc2c1)N1CCC(CCc2ccncc2)CC1. The lowest BCUT2D eigenvalue weighted by Crippen LogP contribution is -2.41. The minimum Gasteiger partial charge on any atom is -0.481 e. The van der Waals surface area contributed by atoms with Crippen molar-refractivity contribution in [2.75, 3.05) is 19.7 Å². The number of likely N-dealkylation sites (tertiary alicyclic amines) is 1. The van der Waals surface area contributed by atoms with E-state index < -0.39 is 0 Å². The molecule has 1 aliphatic rings. The number of carbonyl (C=O) groups is 1. The minimum absolute atomic E-state index is 0.0222. The van der Waals surface area contributed by atoms with Gasteiger partial charge in [0, 0.05) is 42.6 Å². The van der Waals surface area contributed by atoms with E-state index in [1.165, 1.54) is 5.56 Å². The third-order valence-corrected chi connectivity index (χ3v) is 6.39. The largest absolute Gasteiger partial charge is 0.481 e. The highest BCUT2D eigenvalue weighted by atomic mass is 16.5. The van der Waals surface area contributed by atoms with Crippen LogP contribution >= 0.6 is 0 Å². The van der Waals surface area contributed by atoms with Crippen molar-refractivity contribution in [1.29, 1.82) is 0 Å². The summed E-state index contributed by atoms with van der Waals surface area (Å²) in [4.78, 5) is 23.3. The lowest BCUT2D eigenvalue weighted by molar-refractivity contribution is -0.134. The van der Waals surface area contributed by atoms with Crippen LogP contribution in [0.1, 0.15) is 24.8 Å². The standard InChI is InChI=1S/C26H27N5O2/c32-25(31-14-9-20(10-15-31)4-3-19-7-12-27-13-8-19)18-33-24-2-1-11-28-26(24)21-5-6-23-22(16-21)17-29-30-23/h1-2,5-8,11-13,16-17,20H,3-4,9-10,14-15,18H2,(H,29,30). The molecule has 1 aliphatic heterocycles. The molecule has 0 atom stereocenters. The molecule has 0 radical (unpaired) electrons. The summed E-state index contributed by atoms with van der Waals surface area (Å²) in [7, 11) is 0. The molecule has 5 rings (SSSR count). The monoisotopic (exact) mass is 441 g/mol. The number of H-pyrrole nitrogens is 1. The van der Waals surface area contributed by atoms with E-state index in [1.807, 2.05) is 47.6 Å². The lowest BCUT2D eigenvalue weighted by atomic mass is 9.91. The number of aryl methyl sites for hydroxylation is 1. The molecule has 1 amide bonds. The van der Waals surface area contributed by atoms with E-state index in [9.17, 15) is 4.79 Å². The Kier molecular flexibility index (Phi) is 6.28. The molecule has 33 heavy (non-hydrogen) atoms. The first kappa shape index (κ1) is 21.1. The number of rotatable bonds is 7. The van der Waals surface area contributed by atoms with Crippen molar-refractivity contribution in [1.82, 2.24) is 25.1 Å². The van der Waals surface area contributed by atoms with Gasteiger partial charge in [-0.25, -0.2) is 0 Å². The van der Waals surface area contributed by atoms with Crippen LogP contribution in [-0.2, 0) is 11.2 Å². The number of carbonyl (C=O) groups excluding carboxylic acids is 1. The number of fused-ring (bicyclic) bond motifs is 1. The molecule has 0 unspecified atom stereocenters. The van der Waals surface area contributed by atoms with Gasteiger partial charge in [0.25, 0.3) is 5.91 Å². The van der Waals surface area contributed by atoms with Gasteiger partial charge in [-0.1, -0.05) is 6.07 Å². The van der Waals surface area contributed by atoms with E-state index in [0.717, 1.165) is 60.9 Å². The quantitative estimate of drug-likeness (QED) is 0.463. The second-order valence-electron chi connectivity index (χ2n) is 8.53. The summed E-state index contributed by atoms with van der Waals surface area (Å²) in [6, 6.07) is 13.8. The van der Waals surface area contributed by atoms with E-state index >= 15 is 0 Å². The van der Waals surface area contributed by atoms with Gasteiger partial charge in [0.05, 0.1) is 11.7 Å². The number of nitrogens with one attached hydrogen (secondary N) is 1. The number of aromatic nitrogens is 4. The molecule has 4 heterocycles. The summed E-state index contributed by atoms with van der Waals surface area (Å²) in [5.41, 5.74) is 3.96. The fourth-order valence-corrected chi connectivity index (χ4v) is 4.44. The number of hydrogen-bond acceptors (Lipinski definition) is 5. The summed E-state index contributed by atoms with van der Waals surface area (Å²) in [6.45, 7) is 1.61. The highest BCUT2D eigenvalue weighted by Crippen LogP contribution is 2.30. The van der Waals surface area contributed by atoms with Crippen LogP contribution in [-0.4, -0.2) is 50.7 Å². The molecule has 1 fully saturated rings. The zero-order valence-electron chi connectivity index (χ0n) is 18.5. The Labute approximate surface area is 192 Å². The Bertz CT molecular complexity index is 1220. The zero-order valence-corrected chi connectivity index (χ0v) is 18.5. The molecule has 0 saturated carbocycles. The van der Waals surface area contributed by atoms with E-state index in [1.54, 1.807) is 12.4 Å². The molecule has 3 aromatic heterocycles. The molecule has 1 saturated heterocycles. The average molecular weight is 442 g/mol. The van der Waals surface area contributed by atoms with Gasteiger partial charge in [-0.2, -0.15) is 5.10 Å². The Hall–Kier alpha value is -3.74. The van der Waals surface area contributed by atoms with E-state index in [2.05, 4.69) is 32.3 Å². The number of amides is 1. The maximum atomic E-state index is 12.8. The molecule has 0 spiro atoms. The van der Waals surface area contributed by atoms with Gasteiger partial charge in [-0.05, 0) is 73.6 Å². The van der Waals surface area contributed by atoms with Crippen LogP contribution in [0.3, 0.4) is 0 Å². The lowest BCUT2D eigenvalue weighted by Gasteiger charge is -2.32. The normalized spacial score (nSPS) is 14.5. The van der Waals surface area contributed by atoms with Gasteiger partial charge in [0.15, 0.2) is 6.61 Å². The van der Waals surface area contributed by atoms with E-state index in [0.29, 0.717) is 11.7 Å². The fraction of sp³-hybridized carbons (Fsp3) is 0.308. The fourth-order valence-electron chi connectivity index (χ4n) is 4.44. The van der Waals surface area contributed by atoms with Crippen molar-refractivity contribution < 1.29 is 9.53 Å². The summed E-state index contributed by atoms with van der Waals surface area (Å²) in [5.74, 6) is 1.30. The van der Waals surface area contributed by atoms with Crippen LogP contribution in [0.25, 0.3) is 22.2 Å². The summed E-state index contributed by atoms with van der Waals surface area (Å²) >= 11 is 0. The number of aromatic amines is 1. The number of hydrogen-bond donors (Lipinski definition) is 1. The van der Waals surface area contributed by atoms with Crippen LogP contribution in [0.15, 0.2) is 67.3 Å². The molecule has 1 N–H and O–H groups in total. The first-order valence-corrected chi connectivity index (χ1v) is 11.4. The van der Waals surface area contributed by atoms with Gasteiger partial charge in [0.1, 0.15) is 11.4 Å². The Balaban J connectivity index is 1.15. The van der Waals surface area contributed by atoms with E-state index in [-0.39, 0.29) is 12.5 Å². The number of piperidine rings is 1. The maximum absolute atomic E-state index is 12.8. The summed E-state index contributed by atoms with van der Waals surface area (Å²) in [6.07, 6.45) is 11.5. The van der Waals surface area contributed by atoms with Crippen molar-refractivity contribution in [2.24, 2.45) is 5.92 Å². The van der Waals surface area contributed by atoms with Crippen LogP contribution in [0.2, 0.25) is 0 Å². The Morgan fingerprint density at radius 1 is 1.09 bits per heavy atom. The molecular weight excluding hydrogens is 414 g/mol. The Morgan fingerprint density at radius 2 is 1.94 bits per heavy atom. The van der Waals surface area contributed by atoms with Gasteiger partial charge < -0.3 is 9.64 Å². The molecular formula is C26H27N5O2. The second kappa shape index (κ2) is 9.81. The number of nitrogens with zero attached hydrogens (tertiary/aromatic N) is 4. The second-order valence-corrected chi connectivity index (χ2v) is 8.53. The van der Waals surface area contributed by atoms with Gasteiger partial charge >= 0.3 is 0 Å². The first-order valence-electron chi connectivity index (χ1n) is 11.4. The maximum Gasteiger partial charge on any atom is 0.260 e. The van der Waals surface area contributed by atoms with Crippen LogP contribution in [0, 0.1) is 5.92 Å². The molecule has 7 heteroatoms. The molecule has 168 valence electrons. The number of ether oxygens (including phenoxy) is 1. The Morgan fingerprint density at radius 3 is 2.79 bits per heavy atom. The first-order chi connectivity index (χ1) is 16.3. The highest BCUT2D eigenvalue weighted by molar-refractivity contribution is 5.84. The van der Waals surface area contributed by atoms with Crippen LogP contribution < -0.4 is 4.74 Å². The predicted molar refractivity (Wildman–Crippen MR) is 127 cm³/mol. The third-order valence-electron chi connectivity index (χ3n) is 6.39. The summed E-state index contributed by atoms with van der Waals surface area (Å²) < 4.78 is 5.95. The van der Waals surface area contributed by atoms with Crippen LogP contribution in [0.4, 0.5) is 0 Å². The third kappa shape index (κ3) is 5.03. The number of benzene rings is 1. The van der Waals surface area contributed by atoms with Crippen molar-refractivity contribution in [3.8, 4) is 17.0 Å². The molecule has 4 aromatic rings. The highest BCUT2D eigenvalue weighted by Gasteiger charge is 2.23. The molecule has 7 nitrogen and oxygen atoms in total. The minimum atomic E-state index is 0.0222. The van der Waals surface area contributed by atoms with Crippen molar-refractivity contribution >= 4 is 16.8 Å². The van der Waals surface area contributed by atoms with Crippen molar-refractivity contribution in [2.45, 2.75) is 25.7 Å². The predicted octanol–water partition coefficient (Wildman–Crippen LogP) is 4.27. The average Bonchev–Trinajstić information content (AvgIpc) is 3.35. The van der Waals surface area contributed by atoms with Gasteiger partial charge in [-0.3, -0.25) is 19.9 Å². The van der Waals surface area contributed by atoms with Crippen molar-refractivity contribution in [3.63, 3.8) is 0 Å². The molecule has 1 aromatic carbocycles. The molecule has 0 bridgehead atoms. The number of pyridine rings is 2.